The van der Waals surface area contributed by atoms with Crippen molar-refractivity contribution in [2.24, 2.45) is 0 Å². The molecule has 0 atom stereocenters. The van der Waals surface area contributed by atoms with E-state index in [0.29, 0.717) is 24.5 Å². The number of carbonyl (C=O) groups excluding carboxylic acids is 1. The Balaban J connectivity index is 1.95. The monoisotopic (exact) mass is 287 g/mol. The third kappa shape index (κ3) is 3.17. The second kappa shape index (κ2) is 6.15. The fraction of sp³-hybridized carbons (Fsp3) is 0.500. The van der Waals surface area contributed by atoms with Crippen molar-refractivity contribution in [3.8, 4) is 11.8 Å². The number of nitrogens with zero attached hydrogens (tertiary/aromatic N) is 3. The van der Waals surface area contributed by atoms with Gasteiger partial charge in [0.2, 0.25) is 5.91 Å². The van der Waals surface area contributed by atoms with Gasteiger partial charge < -0.3 is 9.64 Å². The smallest absolute Gasteiger partial charge is 0.242 e. The molecule has 2 rings (SSSR count). The average molecular weight is 287 g/mol. The molecule has 1 aliphatic rings. The molecule has 1 aromatic carbocycles. The lowest BCUT2D eigenvalue weighted by Crippen LogP contribution is -2.62. The van der Waals surface area contributed by atoms with Gasteiger partial charge >= 0.3 is 0 Å². The molecule has 1 fully saturated rings. The first-order chi connectivity index (χ1) is 9.96. The summed E-state index contributed by atoms with van der Waals surface area (Å²) in [7, 11) is 1.83. The van der Waals surface area contributed by atoms with Crippen LogP contribution < -0.4 is 4.74 Å². The molecule has 0 radical (unpaired) electrons. The highest BCUT2D eigenvalue weighted by Crippen LogP contribution is 2.22. The van der Waals surface area contributed by atoms with Gasteiger partial charge in [0.15, 0.2) is 0 Å². The number of para-hydroxylation sites is 1. The zero-order valence-corrected chi connectivity index (χ0v) is 12.8. The lowest BCUT2D eigenvalue weighted by atomic mass is 9.98. The molecule has 0 bridgehead atoms. The molecule has 1 saturated heterocycles. The first-order valence-corrected chi connectivity index (χ1v) is 7.09. The van der Waals surface area contributed by atoms with E-state index in [2.05, 4.69) is 11.0 Å². The fourth-order valence-corrected chi connectivity index (χ4v) is 2.60. The molecule has 1 aliphatic heterocycles. The van der Waals surface area contributed by atoms with E-state index >= 15 is 0 Å². The molecule has 0 aromatic heterocycles. The van der Waals surface area contributed by atoms with Crippen molar-refractivity contribution in [1.29, 1.82) is 5.26 Å². The summed E-state index contributed by atoms with van der Waals surface area (Å²) < 4.78 is 5.70. The Morgan fingerprint density at radius 1 is 1.33 bits per heavy atom. The molecule has 1 amide bonds. The van der Waals surface area contributed by atoms with Gasteiger partial charge in [-0.2, -0.15) is 5.26 Å². The van der Waals surface area contributed by atoms with Gasteiger partial charge in [0.25, 0.3) is 0 Å². The SMILES string of the molecule is CN1CCN(CCOc2ccccc2C#N)C(C)(C)C1=O. The molecule has 1 heterocycles. The van der Waals surface area contributed by atoms with Crippen molar-refractivity contribution < 1.29 is 9.53 Å². The molecule has 1 aromatic rings. The van der Waals surface area contributed by atoms with Crippen LogP contribution in [-0.2, 0) is 4.79 Å². The normalized spacial score (nSPS) is 18.4. The third-order valence-corrected chi connectivity index (χ3v) is 3.99. The van der Waals surface area contributed by atoms with Gasteiger partial charge in [0.1, 0.15) is 18.4 Å². The highest BCUT2D eigenvalue weighted by molar-refractivity contribution is 5.86. The van der Waals surface area contributed by atoms with Crippen LogP contribution in [0, 0.1) is 11.3 Å². The first kappa shape index (κ1) is 15.3. The quantitative estimate of drug-likeness (QED) is 0.842. The van der Waals surface area contributed by atoms with Gasteiger partial charge in [-0.15, -0.1) is 0 Å². The second-order valence-corrected chi connectivity index (χ2v) is 5.73. The molecule has 0 N–H and O–H groups in total. The minimum atomic E-state index is -0.509. The largest absolute Gasteiger partial charge is 0.491 e. The van der Waals surface area contributed by atoms with Crippen molar-refractivity contribution in [2.45, 2.75) is 19.4 Å². The van der Waals surface area contributed by atoms with Crippen LogP contribution in [0.3, 0.4) is 0 Å². The minimum absolute atomic E-state index is 0.131. The highest BCUT2D eigenvalue weighted by atomic mass is 16.5. The summed E-state index contributed by atoms with van der Waals surface area (Å²) >= 11 is 0. The van der Waals surface area contributed by atoms with Crippen LogP contribution in [0.4, 0.5) is 0 Å². The molecule has 0 unspecified atom stereocenters. The number of piperazine rings is 1. The highest BCUT2D eigenvalue weighted by Gasteiger charge is 2.39. The van der Waals surface area contributed by atoms with E-state index in [1.165, 1.54) is 0 Å². The standard InChI is InChI=1S/C16H21N3O2/c1-16(2)15(20)18(3)8-9-19(16)10-11-21-14-7-5-4-6-13(14)12-17/h4-7H,8-11H2,1-3H3. The molecule has 5 heteroatoms. The summed E-state index contributed by atoms with van der Waals surface area (Å²) in [5, 5.41) is 9.02. The Labute approximate surface area is 125 Å². The summed E-state index contributed by atoms with van der Waals surface area (Å²) in [6, 6.07) is 9.30. The second-order valence-electron chi connectivity index (χ2n) is 5.73. The molecule has 21 heavy (non-hydrogen) atoms. The van der Waals surface area contributed by atoms with Crippen LogP contribution >= 0.6 is 0 Å². The van der Waals surface area contributed by atoms with E-state index in [1.54, 1.807) is 17.0 Å². The van der Waals surface area contributed by atoms with Crippen molar-refractivity contribution in [3.63, 3.8) is 0 Å². The summed E-state index contributed by atoms with van der Waals surface area (Å²) in [5.41, 5.74) is 0.0247. The minimum Gasteiger partial charge on any atom is -0.491 e. The van der Waals surface area contributed by atoms with Crippen molar-refractivity contribution in [3.05, 3.63) is 29.8 Å². The van der Waals surface area contributed by atoms with Crippen LogP contribution in [0.2, 0.25) is 0 Å². The van der Waals surface area contributed by atoms with Gasteiger partial charge in [-0.05, 0) is 26.0 Å². The maximum Gasteiger partial charge on any atom is 0.242 e. The predicted molar refractivity (Wildman–Crippen MR) is 79.9 cm³/mol. The van der Waals surface area contributed by atoms with E-state index in [9.17, 15) is 4.79 Å². The van der Waals surface area contributed by atoms with E-state index in [1.807, 2.05) is 33.0 Å². The van der Waals surface area contributed by atoms with Crippen LogP contribution in [0.25, 0.3) is 0 Å². The number of benzene rings is 1. The fourth-order valence-electron chi connectivity index (χ4n) is 2.60. The number of carbonyl (C=O) groups is 1. The Morgan fingerprint density at radius 3 is 2.76 bits per heavy atom. The van der Waals surface area contributed by atoms with Gasteiger partial charge in [-0.3, -0.25) is 9.69 Å². The number of ether oxygens (including phenoxy) is 1. The summed E-state index contributed by atoms with van der Waals surface area (Å²) in [6.07, 6.45) is 0. The van der Waals surface area contributed by atoms with Crippen LogP contribution in [-0.4, -0.2) is 54.5 Å². The molecule has 0 aliphatic carbocycles. The maximum atomic E-state index is 12.2. The molecule has 0 saturated carbocycles. The van der Waals surface area contributed by atoms with Gasteiger partial charge in [-0.25, -0.2) is 0 Å². The van der Waals surface area contributed by atoms with Crippen LogP contribution in [0.5, 0.6) is 5.75 Å². The zero-order valence-electron chi connectivity index (χ0n) is 12.8. The number of rotatable bonds is 4. The lowest BCUT2D eigenvalue weighted by Gasteiger charge is -2.44. The van der Waals surface area contributed by atoms with Crippen LogP contribution in [0.15, 0.2) is 24.3 Å². The van der Waals surface area contributed by atoms with E-state index in [-0.39, 0.29) is 5.91 Å². The van der Waals surface area contributed by atoms with Crippen molar-refractivity contribution in [2.75, 3.05) is 33.3 Å². The van der Waals surface area contributed by atoms with Crippen molar-refractivity contribution >= 4 is 5.91 Å². The maximum absolute atomic E-state index is 12.2. The van der Waals surface area contributed by atoms with Crippen molar-refractivity contribution in [1.82, 2.24) is 9.80 Å². The molecular formula is C16H21N3O2. The Kier molecular flexibility index (Phi) is 4.49. The number of nitriles is 1. The number of likely N-dealkylation sites (N-methyl/N-ethyl adjacent to an activating group) is 1. The van der Waals surface area contributed by atoms with E-state index < -0.39 is 5.54 Å². The van der Waals surface area contributed by atoms with E-state index in [4.69, 9.17) is 10.00 Å². The summed E-state index contributed by atoms with van der Waals surface area (Å²) in [6.45, 7) is 6.56. The summed E-state index contributed by atoms with van der Waals surface area (Å²) in [5.74, 6) is 0.726. The third-order valence-electron chi connectivity index (χ3n) is 3.99. The Hall–Kier alpha value is -2.06. The molecule has 0 spiro atoms. The zero-order chi connectivity index (χ0) is 15.5. The van der Waals surface area contributed by atoms with Gasteiger partial charge in [0.05, 0.1) is 11.1 Å². The molecular weight excluding hydrogens is 266 g/mol. The predicted octanol–water partition coefficient (Wildman–Crippen LogP) is 1.49. The number of hydrogen-bond donors (Lipinski definition) is 0. The Morgan fingerprint density at radius 2 is 2.05 bits per heavy atom. The topological polar surface area (TPSA) is 56.6 Å². The number of hydrogen-bond acceptors (Lipinski definition) is 4. The molecule has 5 nitrogen and oxygen atoms in total. The molecule has 112 valence electrons. The van der Waals surface area contributed by atoms with E-state index in [0.717, 1.165) is 13.1 Å². The Bertz CT molecular complexity index is 563. The van der Waals surface area contributed by atoms with Crippen LogP contribution in [0.1, 0.15) is 19.4 Å². The summed E-state index contributed by atoms with van der Waals surface area (Å²) in [4.78, 5) is 16.1. The van der Waals surface area contributed by atoms with Gasteiger partial charge in [0, 0.05) is 26.7 Å². The average Bonchev–Trinajstić information content (AvgIpc) is 2.48. The lowest BCUT2D eigenvalue weighted by molar-refractivity contribution is -0.147. The van der Waals surface area contributed by atoms with Gasteiger partial charge in [-0.1, -0.05) is 12.1 Å². The number of amides is 1. The first-order valence-electron chi connectivity index (χ1n) is 7.09.